The van der Waals surface area contributed by atoms with Crippen LogP contribution >= 0.6 is 11.3 Å². The first kappa shape index (κ1) is 21.0. The molecule has 7 heteroatoms. The molecule has 0 aliphatic heterocycles. The van der Waals surface area contributed by atoms with Crippen LogP contribution < -0.4 is 16.0 Å². The van der Waals surface area contributed by atoms with Crippen molar-refractivity contribution in [3.8, 4) is 0 Å². The minimum atomic E-state index is -0.108. The Hall–Kier alpha value is -2.67. The fraction of sp³-hybridized carbons (Fsp3) is 0.409. The van der Waals surface area contributed by atoms with Gasteiger partial charge in [-0.25, -0.2) is 0 Å². The second kappa shape index (κ2) is 10.8. The van der Waals surface area contributed by atoms with E-state index in [1.165, 1.54) is 11.3 Å². The second-order valence-corrected chi connectivity index (χ2v) is 8.10. The van der Waals surface area contributed by atoms with Crippen LogP contribution in [0.4, 0.5) is 5.69 Å². The Kier molecular flexibility index (Phi) is 7.81. The Morgan fingerprint density at radius 3 is 2.66 bits per heavy atom. The van der Waals surface area contributed by atoms with Gasteiger partial charge in [0.05, 0.1) is 0 Å². The van der Waals surface area contributed by atoms with Gasteiger partial charge >= 0.3 is 0 Å². The van der Waals surface area contributed by atoms with Gasteiger partial charge < -0.3 is 16.0 Å². The normalized spacial score (nSPS) is 13.8. The van der Waals surface area contributed by atoms with Crippen LogP contribution in [0.25, 0.3) is 0 Å². The first-order valence-electron chi connectivity index (χ1n) is 10.1. The molecule has 3 N–H and O–H groups in total. The van der Waals surface area contributed by atoms with Gasteiger partial charge in [0.1, 0.15) is 0 Å². The van der Waals surface area contributed by atoms with E-state index in [2.05, 4.69) is 16.0 Å². The first-order chi connectivity index (χ1) is 14.1. The van der Waals surface area contributed by atoms with Crippen LogP contribution in [0.15, 0.2) is 41.1 Å². The van der Waals surface area contributed by atoms with Gasteiger partial charge in [0.15, 0.2) is 0 Å². The fourth-order valence-electron chi connectivity index (χ4n) is 3.43. The Morgan fingerprint density at radius 2 is 1.90 bits per heavy atom. The number of anilines is 1. The highest BCUT2D eigenvalue weighted by Gasteiger charge is 2.22. The number of carbonyl (C=O) groups is 3. The van der Waals surface area contributed by atoms with Gasteiger partial charge in [-0.05, 0) is 48.4 Å². The maximum absolute atomic E-state index is 12.3. The van der Waals surface area contributed by atoms with Crippen LogP contribution in [-0.4, -0.2) is 24.3 Å². The maximum Gasteiger partial charge on any atom is 0.252 e. The second-order valence-electron chi connectivity index (χ2n) is 7.32. The largest absolute Gasteiger partial charge is 0.352 e. The molecule has 1 heterocycles. The van der Waals surface area contributed by atoms with Gasteiger partial charge in [0.2, 0.25) is 11.8 Å². The fourth-order valence-corrected chi connectivity index (χ4v) is 4.06. The third-order valence-electron chi connectivity index (χ3n) is 5.06. The zero-order valence-electron chi connectivity index (χ0n) is 16.4. The predicted octanol–water partition coefficient (Wildman–Crippen LogP) is 3.70. The van der Waals surface area contributed by atoms with E-state index in [4.69, 9.17) is 0 Å². The SMILES string of the molecule is O=C(CCCNC(=O)c1ccsc1)NCc1cccc(NC(=O)C2CCCC2)c1. The number of nitrogens with one attached hydrogen (secondary N) is 3. The molecule has 1 aromatic carbocycles. The molecule has 0 unspecified atom stereocenters. The van der Waals surface area contributed by atoms with Crippen molar-refractivity contribution in [2.45, 2.75) is 45.1 Å². The van der Waals surface area contributed by atoms with Crippen molar-refractivity contribution in [2.24, 2.45) is 5.92 Å². The molecule has 3 rings (SSSR count). The molecule has 6 nitrogen and oxygen atoms in total. The van der Waals surface area contributed by atoms with Crippen molar-refractivity contribution >= 4 is 34.7 Å². The molecule has 1 aliphatic carbocycles. The molecule has 3 amide bonds. The molecule has 0 saturated heterocycles. The average Bonchev–Trinajstić information content (AvgIpc) is 3.44. The summed E-state index contributed by atoms with van der Waals surface area (Å²) in [4.78, 5) is 36.1. The first-order valence-corrected chi connectivity index (χ1v) is 11.0. The number of hydrogen-bond acceptors (Lipinski definition) is 4. The van der Waals surface area contributed by atoms with Gasteiger partial charge in [-0.15, -0.1) is 0 Å². The molecule has 0 spiro atoms. The molecule has 0 bridgehead atoms. The van der Waals surface area contributed by atoms with E-state index in [1.54, 1.807) is 11.4 Å². The highest BCUT2D eigenvalue weighted by molar-refractivity contribution is 7.08. The lowest BCUT2D eigenvalue weighted by Gasteiger charge is -2.12. The van der Waals surface area contributed by atoms with Crippen molar-refractivity contribution in [3.63, 3.8) is 0 Å². The zero-order valence-corrected chi connectivity index (χ0v) is 17.2. The Morgan fingerprint density at radius 1 is 1.07 bits per heavy atom. The smallest absolute Gasteiger partial charge is 0.252 e. The summed E-state index contributed by atoms with van der Waals surface area (Å²) >= 11 is 1.48. The Bertz CT molecular complexity index is 830. The van der Waals surface area contributed by atoms with Crippen LogP contribution in [0, 0.1) is 5.92 Å². The van der Waals surface area contributed by atoms with Gasteiger partial charge in [0, 0.05) is 42.1 Å². The molecule has 0 radical (unpaired) electrons. The lowest BCUT2D eigenvalue weighted by atomic mass is 10.1. The summed E-state index contributed by atoms with van der Waals surface area (Å²) in [5, 5.41) is 12.3. The highest BCUT2D eigenvalue weighted by Crippen LogP contribution is 2.26. The molecule has 1 aliphatic rings. The molecule has 0 atom stereocenters. The van der Waals surface area contributed by atoms with Crippen LogP contribution in [0.3, 0.4) is 0 Å². The number of hydrogen-bond donors (Lipinski definition) is 3. The molecular weight excluding hydrogens is 386 g/mol. The van der Waals surface area contributed by atoms with Crippen molar-refractivity contribution in [1.82, 2.24) is 10.6 Å². The Balaban J connectivity index is 1.35. The monoisotopic (exact) mass is 413 g/mol. The van der Waals surface area contributed by atoms with Gasteiger partial charge in [-0.1, -0.05) is 25.0 Å². The summed E-state index contributed by atoms with van der Waals surface area (Å²) in [6, 6.07) is 9.35. The van der Waals surface area contributed by atoms with E-state index in [9.17, 15) is 14.4 Å². The molecule has 1 aromatic heterocycles. The van der Waals surface area contributed by atoms with Crippen molar-refractivity contribution < 1.29 is 14.4 Å². The molecule has 29 heavy (non-hydrogen) atoms. The summed E-state index contributed by atoms with van der Waals surface area (Å²) in [5.41, 5.74) is 2.36. The lowest BCUT2D eigenvalue weighted by molar-refractivity contribution is -0.121. The summed E-state index contributed by atoms with van der Waals surface area (Å²) in [6.45, 7) is 0.873. The van der Waals surface area contributed by atoms with Gasteiger partial charge in [-0.2, -0.15) is 11.3 Å². The van der Waals surface area contributed by atoms with Gasteiger partial charge in [0.25, 0.3) is 5.91 Å². The molecule has 154 valence electrons. The number of thiophene rings is 1. The number of carbonyl (C=O) groups excluding carboxylic acids is 3. The van der Waals surface area contributed by atoms with Crippen LogP contribution in [0.1, 0.15) is 54.4 Å². The summed E-state index contributed by atoms with van der Waals surface area (Å²) in [6.07, 6.45) is 5.12. The average molecular weight is 414 g/mol. The Labute approximate surface area is 175 Å². The zero-order chi connectivity index (χ0) is 20.5. The van der Waals surface area contributed by atoms with E-state index in [-0.39, 0.29) is 23.6 Å². The standard InChI is InChI=1S/C22H27N3O3S/c26-20(9-4-11-23-21(27)18-10-12-29-15-18)24-14-16-5-3-8-19(13-16)25-22(28)17-6-1-2-7-17/h3,5,8,10,12-13,15,17H,1-2,4,6-7,9,11,14H2,(H,23,27)(H,24,26)(H,25,28). The third kappa shape index (κ3) is 6.71. The number of amides is 3. The molecule has 1 saturated carbocycles. The molecule has 2 aromatic rings. The minimum absolute atomic E-state index is 0.0600. The maximum atomic E-state index is 12.3. The minimum Gasteiger partial charge on any atom is -0.352 e. The van der Waals surface area contributed by atoms with E-state index >= 15 is 0 Å². The van der Waals surface area contributed by atoms with Crippen LogP contribution in [-0.2, 0) is 16.1 Å². The third-order valence-corrected chi connectivity index (χ3v) is 5.74. The van der Waals surface area contributed by atoms with Crippen molar-refractivity contribution in [1.29, 1.82) is 0 Å². The van der Waals surface area contributed by atoms with Crippen LogP contribution in [0.2, 0.25) is 0 Å². The van der Waals surface area contributed by atoms with E-state index in [0.717, 1.165) is 36.9 Å². The van der Waals surface area contributed by atoms with E-state index in [0.29, 0.717) is 31.5 Å². The summed E-state index contributed by atoms with van der Waals surface area (Å²) < 4.78 is 0. The van der Waals surface area contributed by atoms with E-state index < -0.39 is 0 Å². The topological polar surface area (TPSA) is 87.3 Å². The van der Waals surface area contributed by atoms with Gasteiger partial charge in [-0.3, -0.25) is 14.4 Å². The van der Waals surface area contributed by atoms with Crippen LogP contribution in [0.5, 0.6) is 0 Å². The van der Waals surface area contributed by atoms with Crippen molar-refractivity contribution in [3.05, 3.63) is 52.2 Å². The lowest BCUT2D eigenvalue weighted by Crippen LogP contribution is -2.27. The summed E-state index contributed by atoms with van der Waals surface area (Å²) in [7, 11) is 0. The number of benzene rings is 1. The predicted molar refractivity (Wildman–Crippen MR) is 115 cm³/mol. The quantitative estimate of drug-likeness (QED) is 0.548. The number of rotatable bonds is 9. The van der Waals surface area contributed by atoms with E-state index in [1.807, 2.05) is 29.6 Å². The summed E-state index contributed by atoms with van der Waals surface area (Å²) in [5.74, 6) is 0.0464. The highest BCUT2D eigenvalue weighted by atomic mass is 32.1. The molecular formula is C22H27N3O3S. The van der Waals surface area contributed by atoms with Crippen molar-refractivity contribution in [2.75, 3.05) is 11.9 Å². The molecule has 1 fully saturated rings.